The predicted octanol–water partition coefficient (Wildman–Crippen LogP) is 4.08. The van der Waals surface area contributed by atoms with Crippen molar-refractivity contribution in [1.29, 1.82) is 0 Å². The Bertz CT molecular complexity index is 1240. The molecule has 2 unspecified atom stereocenters. The van der Waals surface area contributed by atoms with Crippen LogP contribution in [0.4, 0.5) is 0 Å². The largest absolute Gasteiger partial charge is 0.508 e. The molecule has 0 saturated carbocycles. The SMILES string of the molecule is NCc1ccccc1C1CC=C(C(=O)N2N=C(c3cnccn3)CC2c2ccccc2O)S1. The zero-order valence-corrected chi connectivity index (χ0v) is 18.7. The average molecular weight is 458 g/mol. The van der Waals surface area contributed by atoms with Crippen LogP contribution in [0.2, 0.25) is 0 Å². The Morgan fingerprint density at radius 1 is 1.12 bits per heavy atom. The molecule has 2 atom stereocenters. The summed E-state index contributed by atoms with van der Waals surface area (Å²) >= 11 is 1.54. The van der Waals surface area contributed by atoms with Crippen LogP contribution in [0.1, 0.15) is 46.5 Å². The molecule has 0 saturated heterocycles. The van der Waals surface area contributed by atoms with E-state index in [1.165, 1.54) is 5.01 Å². The molecule has 1 amide bonds. The quantitative estimate of drug-likeness (QED) is 0.598. The standard InChI is InChI=1S/C25H23N5O2S/c26-14-16-5-1-2-6-17(16)23-9-10-24(33-23)25(32)30-21(18-7-3-4-8-22(18)31)13-19(29-30)20-15-27-11-12-28-20/h1-8,10-12,15,21,23,31H,9,13-14,26H2. The number of benzene rings is 2. The van der Waals surface area contributed by atoms with Crippen LogP contribution in [-0.4, -0.2) is 31.7 Å². The number of nitrogens with zero attached hydrogens (tertiary/aromatic N) is 4. The van der Waals surface area contributed by atoms with Gasteiger partial charge in [-0.25, -0.2) is 5.01 Å². The first-order chi connectivity index (χ1) is 16.2. The Labute approximate surface area is 196 Å². The number of allylic oxidation sites excluding steroid dienone is 1. The summed E-state index contributed by atoms with van der Waals surface area (Å²) < 4.78 is 0. The Morgan fingerprint density at radius 3 is 2.67 bits per heavy atom. The van der Waals surface area contributed by atoms with Gasteiger partial charge >= 0.3 is 0 Å². The monoisotopic (exact) mass is 457 g/mol. The van der Waals surface area contributed by atoms with Crippen molar-refractivity contribution in [2.75, 3.05) is 0 Å². The van der Waals surface area contributed by atoms with Crippen LogP contribution >= 0.6 is 11.8 Å². The van der Waals surface area contributed by atoms with E-state index in [2.05, 4.69) is 21.1 Å². The Kier molecular flexibility index (Phi) is 5.93. The van der Waals surface area contributed by atoms with Crippen LogP contribution in [0.5, 0.6) is 5.75 Å². The maximum Gasteiger partial charge on any atom is 0.280 e. The summed E-state index contributed by atoms with van der Waals surface area (Å²) in [6.45, 7) is 0.462. The number of thioether (sulfide) groups is 1. The fourth-order valence-electron chi connectivity index (χ4n) is 4.25. The van der Waals surface area contributed by atoms with Crippen LogP contribution in [-0.2, 0) is 11.3 Å². The van der Waals surface area contributed by atoms with Gasteiger partial charge in [0.05, 0.1) is 22.9 Å². The van der Waals surface area contributed by atoms with Gasteiger partial charge in [0.25, 0.3) is 5.91 Å². The highest BCUT2D eigenvalue weighted by Crippen LogP contribution is 2.47. The Morgan fingerprint density at radius 2 is 1.91 bits per heavy atom. The second-order valence-electron chi connectivity index (χ2n) is 7.88. The van der Waals surface area contributed by atoms with Crippen molar-refractivity contribution >= 4 is 23.4 Å². The molecule has 3 N–H and O–H groups in total. The third-order valence-corrected chi connectivity index (χ3v) is 7.22. The molecule has 2 aromatic carbocycles. The maximum absolute atomic E-state index is 13.6. The number of aromatic nitrogens is 2. The van der Waals surface area contributed by atoms with E-state index in [9.17, 15) is 9.90 Å². The van der Waals surface area contributed by atoms with Crippen molar-refractivity contribution in [3.05, 3.63) is 100 Å². The fourth-order valence-corrected chi connectivity index (χ4v) is 5.49. The number of rotatable bonds is 5. The second kappa shape index (κ2) is 9.17. The number of para-hydroxylation sites is 1. The van der Waals surface area contributed by atoms with Crippen LogP contribution in [0.3, 0.4) is 0 Å². The lowest BCUT2D eigenvalue weighted by Crippen LogP contribution is -2.27. The van der Waals surface area contributed by atoms with Crippen molar-refractivity contribution in [1.82, 2.24) is 15.0 Å². The van der Waals surface area contributed by atoms with E-state index in [1.807, 2.05) is 36.4 Å². The van der Waals surface area contributed by atoms with Crippen molar-refractivity contribution in [2.45, 2.75) is 30.7 Å². The lowest BCUT2D eigenvalue weighted by atomic mass is 9.99. The maximum atomic E-state index is 13.6. The molecule has 5 rings (SSSR count). The number of nitrogens with two attached hydrogens (primary N) is 1. The third kappa shape index (κ3) is 4.15. The van der Waals surface area contributed by atoms with Gasteiger partial charge in [0.2, 0.25) is 0 Å². The summed E-state index contributed by atoms with van der Waals surface area (Å²) in [5.74, 6) is -0.0430. The number of aromatic hydroxyl groups is 1. The summed E-state index contributed by atoms with van der Waals surface area (Å²) in [7, 11) is 0. The predicted molar refractivity (Wildman–Crippen MR) is 128 cm³/mol. The first-order valence-electron chi connectivity index (χ1n) is 10.8. The smallest absolute Gasteiger partial charge is 0.280 e. The molecule has 7 nitrogen and oxygen atoms in total. The highest BCUT2D eigenvalue weighted by molar-refractivity contribution is 8.04. The number of phenolic OH excluding ortho intramolecular Hbond substituents is 1. The molecule has 0 fully saturated rings. The zero-order valence-electron chi connectivity index (χ0n) is 17.8. The lowest BCUT2D eigenvalue weighted by Gasteiger charge is -2.23. The van der Waals surface area contributed by atoms with Crippen molar-refractivity contribution < 1.29 is 9.90 Å². The number of amides is 1. The summed E-state index contributed by atoms with van der Waals surface area (Å²) in [5, 5.41) is 16.8. The third-order valence-electron chi connectivity index (χ3n) is 5.89. The van der Waals surface area contributed by atoms with Gasteiger partial charge in [0.1, 0.15) is 11.4 Å². The second-order valence-corrected chi connectivity index (χ2v) is 9.12. The summed E-state index contributed by atoms with van der Waals surface area (Å²) in [6.07, 6.45) is 8.01. The average Bonchev–Trinajstić information content (AvgIpc) is 3.53. The molecule has 0 bridgehead atoms. The summed E-state index contributed by atoms with van der Waals surface area (Å²) in [6, 6.07) is 14.7. The minimum absolute atomic E-state index is 0.137. The number of hydrogen-bond donors (Lipinski definition) is 2. The van der Waals surface area contributed by atoms with E-state index in [1.54, 1.807) is 42.5 Å². The molecule has 2 aliphatic rings. The van der Waals surface area contributed by atoms with Gasteiger partial charge in [-0.1, -0.05) is 48.5 Å². The van der Waals surface area contributed by atoms with Crippen LogP contribution in [0.15, 0.2) is 83.2 Å². The topological polar surface area (TPSA) is 105 Å². The first kappa shape index (κ1) is 21.4. The molecule has 2 aliphatic heterocycles. The fraction of sp³-hybridized carbons (Fsp3) is 0.200. The number of phenols is 1. The van der Waals surface area contributed by atoms with E-state index in [0.717, 1.165) is 17.5 Å². The number of carbonyl (C=O) groups is 1. The van der Waals surface area contributed by atoms with E-state index in [0.29, 0.717) is 34.8 Å². The molecular formula is C25H23N5O2S. The van der Waals surface area contributed by atoms with Gasteiger partial charge in [0, 0.05) is 36.2 Å². The van der Waals surface area contributed by atoms with Crippen molar-refractivity contribution in [3.8, 4) is 5.75 Å². The molecule has 0 radical (unpaired) electrons. The van der Waals surface area contributed by atoms with Crippen LogP contribution in [0.25, 0.3) is 0 Å². The van der Waals surface area contributed by atoms with E-state index in [4.69, 9.17) is 5.73 Å². The Hall–Kier alpha value is -3.49. The molecule has 8 heteroatoms. The van der Waals surface area contributed by atoms with Gasteiger partial charge in [-0.15, -0.1) is 11.8 Å². The normalized spacial score (nSPS) is 20.0. The van der Waals surface area contributed by atoms with Crippen LogP contribution in [0, 0.1) is 0 Å². The van der Waals surface area contributed by atoms with Gasteiger partial charge < -0.3 is 10.8 Å². The molecule has 3 heterocycles. The van der Waals surface area contributed by atoms with E-state index in [-0.39, 0.29) is 16.9 Å². The zero-order chi connectivity index (χ0) is 22.8. The number of hydrogen-bond acceptors (Lipinski definition) is 7. The summed E-state index contributed by atoms with van der Waals surface area (Å²) in [5.41, 5.74) is 10.1. The molecule has 1 aromatic heterocycles. The molecular weight excluding hydrogens is 434 g/mol. The lowest BCUT2D eigenvalue weighted by molar-refractivity contribution is -0.128. The minimum Gasteiger partial charge on any atom is -0.508 e. The van der Waals surface area contributed by atoms with Gasteiger partial charge in [-0.2, -0.15) is 5.10 Å². The molecule has 3 aromatic rings. The number of carbonyl (C=O) groups excluding carboxylic acids is 1. The molecule has 33 heavy (non-hydrogen) atoms. The minimum atomic E-state index is -0.424. The first-order valence-corrected chi connectivity index (χ1v) is 11.6. The number of hydrazone groups is 1. The van der Waals surface area contributed by atoms with Crippen molar-refractivity contribution in [3.63, 3.8) is 0 Å². The summed E-state index contributed by atoms with van der Waals surface area (Å²) in [4.78, 5) is 22.8. The van der Waals surface area contributed by atoms with E-state index >= 15 is 0 Å². The van der Waals surface area contributed by atoms with Gasteiger partial charge in [0.15, 0.2) is 0 Å². The van der Waals surface area contributed by atoms with Crippen LogP contribution < -0.4 is 5.73 Å². The highest BCUT2D eigenvalue weighted by Gasteiger charge is 2.38. The molecule has 0 aliphatic carbocycles. The van der Waals surface area contributed by atoms with Gasteiger partial charge in [-0.3, -0.25) is 14.8 Å². The highest BCUT2D eigenvalue weighted by atomic mass is 32.2. The Balaban J connectivity index is 1.44. The molecule has 166 valence electrons. The van der Waals surface area contributed by atoms with E-state index < -0.39 is 6.04 Å². The molecule has 0 spiro atoms. The van der Waals surface area contributed by atoms with Crippen molar-refractivity contribution in [2.24, 2.45) is 10.8 Å². The van der Waals surface area contributed by atoms with Gasteiger partial charge in [-0.05, 0) is 23.6 Å².